The van der Waals surface area contributed by atoms with E-state index in [0.717, 1.165) is 45.3 Å². The van der Waals surface area contributed by atoms with Crippen molar-refractivity contribution in [3.63, 3.8) is 0 Å². The number of carbonyl (C=O) groups is 1. The fraction of sp³-hybridized carbons (Fsp3) is 0.846. The molecule has 0 aliphatic carbocycles. The Morgan fingerprint density at radius 1 is 1.55 bits per heavy atom. The van der Waals surface area contributed by atoms with E-state index in [2.05, 4.69) is 44.7 Å². The molecule has 1 aliphatic heterocycles. The van der Waals surface area contributed by atoms with Gasteiger partial charge in [0.2, 0.25) is 5.91 Å². The van der Waals surface area contributed by atoms with Gasteiger partial charge >= 0.3 is 0 Å². The summed E-state index contributed by atoms with van der Waals surface area (Å²) in [6.07, 6.45) is 3.63. The number of tetrazole rings is 1. The van der Waals surface area contributed by atoms with E-state index in [1.807, 2.05) is 0 Å². The van der Waals surface area contributed by atoms with Gasteiger partial charge in [-0.05, 0) is 39.3 Å². The number of hydrogen-bond acceptors (Lipinski definition) is 5. The van der Waals surface area contributed by atoms with Crippen LogP contribution in [0.2, 0.25) is 0 Å². The number of nitrogens with one attached hydrogen (secondary N) is 2. The molecule has 1 atom stereocenters. The van der Waals surface area contributed by atoms with Crippen LogP contribution in [0.1, 0.15) is 38.9 Å². The Bertz CT molecular complexity index is 421. The predicted molar refractivity (Wildman–Crippen MR) is 75.0 cm³/mol. The molecule has 112 valence electrons. The van der Waals surface area contributed by atoms with E-state index in [0.29, 0.717) is 12.4 Å². The number of aromatic nitrogens is 4. The minimum atomic E-state index is -0.250. The van der Waals surface area contributed by atoms with Gasteiger partial charge in [0, 0.05) is 19.5 Å². The summed E-state index contributed by atoms with van der Waals surface area (Å²) in [5, 5.41) is 16.8. The maximum Gasteiger partial charge on any atom is 0.227 e. The quantitative estimate of drug-likeness (QED) is 0.735. The first kappa shape index (κ1) is 14.9. The van der Waals surface area contributed by atoms with Gasteiger partial charge in [-0.25, -0.2) is 0 Å². The van der Waals surface area contributed by atoms with Crippen molar-refractivity contribution in [2.75, 3.05) is 26.2 Å². The smallest absolute Gasteiger partial charge is 0.227 e. The number of H-pyrrole nitrogens is 1. The lowest BCUT2D eigenvalue weighted by Gasteiger charge is -2.38. The normalized spacial score (nSPS) is 23.7. The fourth-order valence-corrected chi connectivity index (χ4v) is 2.75. The van der Waals surface area contributed by atoms with Crippen molar-refractivity contribution >= 4 is 5.91 Å². The van der Waals surface area contributed by atoms with Crippen LogP contribution in [0, 0.1) is 5.41 Å². The zero-order valence-corrected chi connectivity index (χ0v) is 12.4. The van der Waals surface area contributed by atoms with Crippen molar-refractivity contribution in [3.8, 4) is 0 Å². The van der Waals surface area contributed by atoms with Gasteiger partial charge < -0.3 is 10.2 Å². The molecule has 0 bridgehead atoms. The summed E-state index contributed by atoms with van der Waals surface area (Å²) in [4.78, 5) is 14.7. The minimum absolute atomic E-state index is 0.170. The molecule has 0 radical (unpaired) electrons. The van der Waals surface area contributed by atoms with Gasteiger partial charge in [0.25, 0.3) is 0 Å². The number of piperidine rings is 1. The fourth-order valence-electron chi connectivity index (χ4n) is 2.75. The SMILES string of the molecule is CCN1CCC[C@@](C)(C(=O)NCCCc2nn[nH]n2)C1. The van der Waals surface area contributed by atoms with E-state index < -0.39 is 0 Å². The Hall–Kier alpha value is -1.50. The first-order valence-electron chi connectivity index (χ1n) is 7.37. The summed E-state index contributed by atoms with van der Waals surface area (Å²) in [6, 6.07) is 0. The van der Waals surface area contributed by atoms with Gasteiger partial charge in [-0.3, -0.25) is 4.79 Å². The van der Waals surface area contributed by atoms with Crippen molar-refractivity contribution in [1.29, 1.82) is 0 Å². The Morgan fingerprint density at radius 2 is 2.40 bits per heavy atom. The highest BCUT2D eigenvalue weighted by Crippen LogP contribution is 2.29. The van der Waals surface area contributed by atoms with Crippen LogP contribution in [0.4, 0.5) is 0 Å². The van der Waals surface area contributed by atoms with Crippen molar-refractivity contribution in [2.45, 2.75) is 39.5 Å². The van der Waals surface area contributed by atoms with Gasteiger partial charge in [-0.15, -0.1) is 10.2 Å². The maximum atomic E-state index is 12.4. The van der Waals surface area contributed by atoms with E-state index in [-0.39, 0.29) is 11.3 Å². The monoisotopic (exact) mass is 280 g/mol. The molecule has 1 aliphatic rings. The summed E-state index contributed by atoms with van der Waals surface area (Å²) in [6.45, 7) is 7.87. The Morgan fingerprint density at radius 3 is 3.10 bits per heavy atom. The third-order valence-corrected chi connectivity index (χ3v) is 4.02. The van der Waals surface area contributed by atoms with Crippen molar-refractivity contribution in [3.05, 3.63) is 5.82 Å². The third kappa shape index (κ3) is 3.75. The van der Waals surface area contributed by atoms with Crippen LogP contribution in [0.15, 0.2) is 0 Å². The Labute approximate surface area is 119 Å². The number of nitrogens with zero attached hydrogens (tertiary/aromatic N) is 4. The number of aromatic amines is 1. The summed E-state index contributed by atoms with van der Waals surface area (Å²) >= 11 is 0. The molecule has 2 N–H and O–H groups in total. The minimum Gasteiger partial charge on any atom is -0.356 e. The van der Waals surface area contributed by atoms with Crippen LogP contribution in [0.5, 0.6) is 0 Å². The summed E-state index contributed by atoms with van der Waals surface area (Å²) in [5.74, 6) is 0.865. The first-order chi connectivity index (χ1) is 9.64. The second kappa shape index (κ2) is 6.78. The molecule has 20 heavy (non-hydrogen) atoms. The molecule has 0 saturated carbocycles. The van der Waals surface area contributed by atoms with Crippen LogP contribution in [0.3, 0.4) is 0 Å². The molecule has 0 spiro atoms. The van der Waals surface area contributed by atoms with E-state index in [9.17, 15) is 4.79 Å². The van der Waals surface area contributed by atoms with Crippen LogP contribution in [-0.2, 0) is 11.2 Å². The van der Waals surface area contributed by atoms with Gasteiger partial charge in [0.15, 0.2) is 5.82 Å². The van der Waals surface area contributed by atoms with Crippen molar-refractivity contribution < 1.29 is 4.79 Å². The maximum absolute atomic E-state index is 12.4. The zero-order valence-electron chi connectivity index (χ0n) is 12.4. The highest BCUT2D eigenvalue weighted by Gasteiger charge is 2.36. The number of likely N-dealkylation sites (tertiary alicyclic amines) is 1. The summed E-state index contributed by atoms with van der Waals surface area (Å²) in [7, 11) is 0. The topological polar surface area (TPSA) is 86.8 Å². The van der Waals surface area contributed by atoms with Crippen LogP contribution < -0.4 is 5.32 Å². The molecule has 1 saturated heterocycles. The summed E-state index contributed by atoms with van der Waals surface area (Å²) < 4.78 is 0. The molecule has 0 unspecified atom stereocenters. The first-order valence-corrected chi connectivity index (χ1v) is 7.37. The zero-order chi connectivity index (χ0) is 14.4. The molecular formula is C13H24N6O. The molecule has 1 amide bonds. The number of hydrogen-bond donors (Lipinski definition) is 2. The highest BCUT2D eigenvalue weighted by atomic mass is 16.2. The van der Waals surface area contributed by atoms with E-state index in [1.54, 1.807) is 0 Å². The van der Waals surface area contributed by atoms with Gasteiger partial charge in [0.05, 0.1) is 5.41 Å². The number of rotatable bonds is 6. The average Bonchev–Trinajstić information content (AvgIpc) is 2.96. The number of aryl methyl sites for hydroxylation is 1. The molecule has 0 aromatic carbocycles. The van der Waals surface area contributed by atoms with Crippen molar-refractivity contribution in [2.24, 2.45) is 5.41 Å². The van der Waals surface area contributed by atoms with Crippen LogP contribution >= 0.6 is 0 Å². The second-order valence-electron chi connectivity index (χ2n) is 5.72. The molecule has 7 nitrogen and oxygen atoms in total. The highest BCUT2D eigenvalue weighted by molar-refractivity contribution is 5.82. The second-order valence-corrected chi connectivity index (χ2v) is 5.72. The summed E-state index contributed by atoms with van der Waals surface area (Å²) in [5.41, 5.74) is -0.250. The number of amides is 1. The largest absolute Gasteiger partial charge is 0.356 e. The van der Waals surface area contributed by atoms with Gasteiger partial charge in [-0.2, -0.15) is 5.21 Å². The molecule has 2 rings (SSSR count). The molecule has 2 heterocycles. The molecular weight excluding hydrogens is 256 g/mol. The number of carbonyl (C=O) groups excluding carboxylic acids is 1. The lowest BCUT2D eigenvalue weighted by atomic mass is 9.81. The Kier molecular flexibility index (Phi) is 5.05. The molecule has 1 fully saturated rings. The molecule has 7 heteroatoms. The molecule has 1 aromatic heterocycles. The van der Waals surface area contributed by atoms with Gasteiger partial charge in [0.1, 0.15) is 0 Å². The molecule has 1 aromatic rings. The van der Waals surface area contributed by atoms with Crippen LogP contribution in [-0.4, -0.2) is 57.6 Å². The predicted octanol–water partition coefficient (Wildman–Crippen LogP) is 0.371. The van der Waals surface area contributed by atoms with E-state index >= 15 is 0 Å². The third-order valence-electron chi connectivity index (χ3n) is 4.02. The van der Waals surface area contributed by atoms with E-state index in [1.165, 1.54) is 0 Å². The standard InChI is InChI=1S/C13H24N6O/c1-3-19-9-5-7-13(2,10-19)12(20)14-8-4-6-11-15-17-18-16-11/h3-10H2,1-2H3,(H,14,20)(H,15,16,17,18)/t13-/m1/s1. The lowest BCUT2D eigenvalue weighted by Crippen LogP contribution is -2.50. The average molecular weight is 280 g/mol. The van der Waals surface area contributed by atoms with Gasteiger partial charge in [-0.1, -0.05) is 12.1 Å². The van der Waals surface area contributed by atoms with Crippen LogP contribution in [0.25, 0.3) is 0 Å². The van der Waals surface area contributed by atoms with Crippen molar-refractivity contribution in [1.82, 2.24) is 30.8 Å². The Balaban J connectivity index is 1.73. The lowest BCUT2D eigenvalue weighted by molar-refractivity contribution is -0.133. The van der Waals surface area contributed by atoms with E-state index in [4.69, 9.17) is 0 Å².